The van der Waals surface area contributed by atoms with Crippen LogP contribution in [0.3, 0.4) is 0 Å². The van der Waals surface area contributed by atoms with Gasteiger partial charge in [0.25, 0.3) is 0 Å². The molecule has 206 valence electrons. The van der Waals surface area contributed by atoms with Gasteiger partial charge in [-0.05, 0) is 53.1 Å². The fourth-order valence-corrected chi connectivity index (χ4v) is 6.25. The Morgan fingerprint density at radius 1 is 1.00 bits per heavy atom. The minimum absolute atomic E-state index is 0.0649. The molecule has 0 unspecified atom stereocenters. The van der Waals surface area contributed by atoms with Crippen LogP contribution in [0.15, 0.2) is 60.8 Å². The second-order valence-electron chi connectivity index (χ2n) is 10.3. The van der Waals surface area contributed by atoms with Gasteiger partial charge in [-0.1, -0.05) is 18.2 Å². The van der Waals surface area contributed by atoms with Gasteiger partial charge in [0, 0.05) is 62.0 Å². The first-order valence-electron chi connectivity index (χ1n) is 13.5. The van der Waals surface area contributed by atoms with E-state index in [1.807, 2.05) is 24.3 Å². The van der Waals surface area contributed by atoms with E-state index < -0.39 is 10.0 Å². The van der Waals surface area contributed by atoms with Gasteiger partial charge in [-0.2, -0.15) is 9.57 Å². The Morgan fingerprint density at radius 3 is 2.42 bits per heavy atom. The number of hydrogen-bond acceptors (Lipinski definition) is 7. The summed E-state index contributed by atoms with van der Waals surface area (Å²) >= 11 is 0. The van der Waals surface area contributed by atoms with E-state index in [0.717, 1.165) is 51.9 Å². The molecule has 4 heterocycles. The van der Waals surface area contributed by atoms with E-state index in [0.29, 0.717) is 50.7 Å². The summed E-state index contributed by atoms with van der Waals surface area (Å²) in [6.07, 6.45) is 4.75. The minimum atomic E-state index is -3.15. The Balaban J connectivity index is 1.23. The molecule has 2 aliphatic rings. The highest BCUT2D eigenvalue weighted by molar-refractivity contribution is 7.88. The Bertz CT molecular complexity index is 1660. The summed E-state index contributed by atoms with van der Waals surface area (Å²) < 4.78 is 36.7. The molecule has 10 heteroatoms. The van der Waals surface area contributed by atoms with Crippen LogP contribution in [0.5, 0.6) is 5.75 Å². The van der Waals surface area contributed by atoms with Crippen LogP contribution in [-0.2, 0) is 14.8 Å². The van der Waals surface area contributed by atoms with Crippen molar-refractivity contribution in [3.63, 3.8) is 0 Å². The molecule has 0 radical (unpaired) electrons. The number of hydrogen-bond donors (Lipinski definition) is 1. The fourth-order valence-electron chi connectivity index (χ4n) is 5.42. The molecule has 0 saturated carbocycles. The Labute approximate surface area is 234 Å². The highest BCUT2D eigenvalue weighted by atomic mass is 32.2. The van der Waals surface area contributed by atoms with Crippen LogP contribution in [0.1, 0.15) is 18.4 Å². The van der Waals surface area contributed by atoms with E-state index in [1.54, 1.807) is 6.20 Å². The molecule has 2 fully saturated rings. The lowest BCUT2D eigenvalue weighted by Crippen LogP contribution is -2.48. The summed E-state index contributed by atoms with van der Waals surface area (Å²) in [5.41, 5.74) is 6.24. The average molecular weight is 558 g/mol. The Hall–Kier alpha value is -3.91. The zero-order valence-corrected chi connectivity index (χ0v) is 23.2. The van der Waals surface area contributed by atoms with Crippen LogP contribution >= 0.6 is 0 Å². The van der Waals surface area contributed by atoms with Crippen molar-refractivity contribution in [1.29, 1.82) is 5.26 Å². The third-order valence-electron chi connectivity index (χ3n) is 7.66. The monoisotopic (exact) mass is 557 g/mol. The predicted octanol–water partition coefficient (Wildman–Crippen LogP) is 4.41. The molecular weight excluding hydrogens is 526 g/mol. The number of nitrogens with one attached hydrogen (secondary N) is 1. The van der Waals surface area contributed by atoms with Crippen LogP contribution in [0, 0.1) is 11.3 Å². The number of piperazine rings is 1. The molecule has 0 amide bonds. The molecule has 2 saturated heterocycles. The van der Waals surface area contributed by atoms with E-state index in [1.165, 1.54) is 10.6 Å². The van der Waals surface area contributed by atoms with E-state index in [4.69, 9.17) is 9.47 Å². The third kappa shape index (κ3) is 5.41. The Morgan fingerprint density at radius 2 is 1.73 bits per heavy atom. The highest BCUT2D eigenvalue weighted by Crippen LogP contribution is 2.34. The van der Waals surface area contributed by atoms with Crippen LogP contribution < -0.4 is 9.64 Å². The number of nitriles is 1. The Kier molecular flexibility index (Phi) is 7.19. The summed E-state index contributed by atoms with van der Waals surface area (Å²) in [6, 6.07) is 20.4. The maximum absolute atomic E-state index is 11.8. The maximum Gasteiger partial charge on any atom is 0.211 e. The summed E-state index contributed by atoms with van der Waals surface area (Å²) in [5, 5.41) is 10.8. The quantitative estimate of drug-likeness (QED) is 0.374. The van der Waals surface area contributed by atoms with Crippen molar-refractivity contribution in [1.82, 2.24) is 14.3 Å². The van der Waals surface area contributed by atoms with Gasteiger partial charge in [-0.25, -0.2) is 13.4 Å². The van der Waals surface area contributed by atoms with Crippen molar-refractivity contribution >= 4 is 26.7 Å². The molecule has 2 aromatic heterocycles. The number of benzene rings is 2. The van der Waals surface area contributed by atoms with E-state index in [9.17, 15) is 13.7 Å². The van der Waals surface area contributed by atoms with Crippen molar-refractivity contribution in [2.45, 2.75) is 18.9 Å². The predicted molar refractivity (Wildman–Crippen MR) is 155 cm³/mol. The van der Waals surface area contributed by atoms with Crippen LogP contribution in [0.4, 0.5) is 5.69 Å². The number of rotatable bonds is 6. The molecule has 40 heavy (non-hydrogen) atoms. The van der Waals surface area contributed by atoms with Gasteiger partial charge in [0.2, 0.25) is 10.0 Å². The van der Waals surface area contributed by atoms with E-state index >= 15 is 0 Å². The van der Waals surface area contributed by atoms with Crippen molar-refractivity contribution < 1.29 is 17.9 Å². The summed E-state index contributed by atoms with van der Waals surface area (Å²) in [6.45, 7) is 3.67. The number of aromatic amines is 1. The topological polar surface area (TPSA) is 112 Å². The highest BCUT2D eigenvalue weighted by Gasteiger charge is 2.23. The molecule has 2 aliphatic heterocycles. The van der Waals surface area contributed by atoms with E-state index in [2.05, 4.69) is 51.3 Å². The smallest absolute Gasteiger partial charge is 0.211 e. The lowest BCUT2D eigenvalue weighted by Gasteiger charge is -2.34. The van der Waals surface area contributed by atoms with Crippen molar-refractivity contribution in [2.24, 2.45) is 0 Å². The average Bonchev–Trinajstić information content (AvgIpc) is 3.42. The van der Waals surface area contributed by atoms with E-state index in [-0.39, 0.29) is 6.10 Å². The molecule has 0 spiro atoms. The van der Waals surface area contributed by atoms with Crippen LogP contribution in [0.2, 0.25) is 0 Å². The standard InChI is InChI=1S/C30H31N5O4S/c1-40(36,37)35-14-12-34(13-15-35)24-5-2-21(3-6-24)28-19-27-26(8-11-32-30(27)33-28)22-4-7-29(23(18-22)20-31)39-25-9-16-38-17-10-25/h2-8,11,18-19,25H,9-10,12-17H2,1H3,(H,32,33). The van der Waals surface area contributed by atoms with Gasteiger partial charge in [-0.3, -0.25) is 0 Å². The first-order chi connectivity index (χ1) is 19.4. The molecule has 0 atom stereocenters. The molecule has 9 nitrogen and oxygen atoms in total. The minimum Gasteiger partial charge on any atom is -0.489 e. The van der Waals surface area contributed by atoms with Gasteiger partial charge in [0.05, 0.1) is 25.0 Å². The maximum atomic E-state index is 11.8. The summed E-state index contributed by atoms with van der Waals surface area (Å²) in [7, 11) is -3.15. The molecule has 1 N–H and O–H groups in total. The molecule has 2 aromatic carbocycles. The molecule has 0 bridgehead atoms. The van der Waals surface area contributed by atoms with Crippen molar-refractivity contribution in [3.8, 4) is 34.2 Å². The lowest BCUT2D eigenvalue weighted by molar-refractivity contribution is 0.0254. The number of H-pyrrole nitrogens is 1. The number of aromatic nitrogens is 2. The van der Waals surface area contributed by atoms with Gasteiger partial charge >= 0.3 is 0 Å². The zero-order valence-electron chi connectivity index (χ0n) is 22.3. The second kappa shape index (κ2) is 10.9. The summed E-state index contributed by atoms with van der Waals surface area (Å²) in [4.78, 5) is 10.2. The first kappa shape index (κ1) is 26.3. The lowest BCUT2D eigenvalue weighted by atomic mass is 10.0. The molecule has 6 rings (SSSR count). The number of pyridine rings is 1. The number of sulfonamides is 1. The third-order valence-corrected chi connectivity index (χ3v) is 8.96. The fraction of sp³-hybridized carbons (Fsp3) is 0.333. The number of nitrogens with zero attached hydrogens (tertiary/aromatic N) is 4. The number of anilines is 1. The van der Waals surface area contributed by atoms with Gasteiger partial charge in [0.15, 0.2) is 0 Å². The molecule has 0 aliphatic carbocycles. The number of ether oxygens (including phenoxy) is 2. The van der Waals surface area contributed by atoms with Gasteiger partial charge < -0.3 is 19.4 Å². The van der Waals surface area contributed by atoms with Crippen molar-refractivity contribution in [2.75, 3.05) is 50.5 Å². The van der Waals surface area contributed by atoms with Crippen molar-refractivity contribution in [3.05, 3.63) is 66.4 Å². The molecule has 4 aromatic rings. The summed E-state index contributed by atoms with van der Waals surface area (Å²) in [5.74, 6) is 0.607. The largest absolute Gasteiger partial charge is 0.489 e. The number of fused-ring (bicyclic) bond motifs is 1. The van der Waals surface area contributed by atoms with Gasteiger partial charge in [-0.15, -0.1) is 0 Å². The zero-order chi connectivity index (χ0) is 27.7. The second-order valence-corrected chi connectivity index (χ2v) is 12.2. The van der Waals surface area contributed by atoms with Gasteiger partial charge in [0.1, 0.15) is 23.6 Å². The van der Waals surface area contributed by atoms with Crippen LogP contribution in [0.25, 0.3) is 33.4 Å². The van der Waals surface area contributed by atoms with Crippen LogP contribution in [-0.4, -0.2) is 74.4 Å². The first-order valence-corrected chi connectivity index (χ1v) is 15.3. The SMILES string of the molecule is CS(=O)(=O)N1CCN(c2ccc(-c3cc4c(-c5ccc(OC6CCOCC6)c(C#N)c5)ccnc4[nH]3)cc2)CC1. The normalized spacial score (nSPS) is 17.1. The molecular formula is C30H31N5O4S.